The minimum atomic E-state index is 0.0136. The van der Waals surface area contributed by atoms with Crippen molar-refractivity contribution in [3.05, 3.63) is 23.3 Å². The molecule has 0 fully saturated rings. The Hall–Kier alpha value is -1.21. The topological polar surface area (TPSA) is 53.2 Å². The standard InChI is InChI=1S/C11H12BrNO2/c1-7(12)3-9-4-8(6-13)5-10(14)11(9)15-2/h4-5,7,14H,3H2,1-2H3. The fourth-order valence-corrected chi connectivity index (χ4v) is 1.78. The molecule has 4 heteroatoms. The van der Waals surface area contributed by atoms with Crippen LogP contribution in [0, 0.1) is 11.3 Å². The molecule has 15 heavy (non-hydrogen) atoms. The number of alkyl halides is 1. The summed E-state index contributed by atoms with van der Waals surface area (Å²) >= 11 is 3.43. The number of hydrogen-bond donors (Lipinski definition) is 1. The van der Waals surface area contributed by atoms with Gasteiger partial charge in [0.2, 0.25) is 0 Å². The number of rotatable bonds is 3. The quantitative estimate of drug-likeness (QED) is 0.859. The van der Waals surface area contributed by atoms with E-state index >= 15 is 0 Å². The van der Waals surface area contributed by atoms with Crippen LogP contribution in [0.3, 0.4) is 0 Å². The molecule has 80 valence electrons. The SMILES string of the molecule is COc1c(O)cc(C#N)cc1CC(C)Br. The van der Waals surface area contributed by atoms with Gasteiger partial charge in [0.1, 0.15) is 0 Å². The molecule has 0 aliphatic carbocycles. The molecule has 0 aromatic heterocycles. The van der Waals surface area contributed by atoms with Gasteiger partial charge in [-0.25, -0.2) is 0 Å². The number of phenolic OH excluding ortho intramolecular Hbond substituents is 1. The molecule has 0 bridgehead atoms. The van der Waals surface area contributed by atoms with Crippen molar-refractivity contribution in [3.8, 4) is 17.6 Å². The van der Waals surface area contributed by atoms with Crippen LogP contribution in [0.1, 0.15) is 18.1 Å². The van der Waals surface area contributed by atoms with Gasteiger partial charge in [-0.2, -0.15) is 5.26 Å². The summed E-state index contributed by atoms with van der Waals surface area (Å²) in [6, 6.07) is 5.14. The van der Waals surface area contributed by atoms with E-state index in [0.717, 1.165) is 5.56 Å². The fourth-order valence-electron chi connectivity index (χ4n) is 1.43. The largest absolute Gasteiger partial charge is 0.504 e. The minimum absolute atomic E-state index is 0.0136. The Balaban J connectivity index is 3.21. The summed E-state index contributed by atoms with van der Waals surface area (Å²) in [5.74, 6) is 0.458. The summed E-state index contributed by atoms with van der Waals surface area (Å²) in [5.41, 5.74) is 1.27. The molecular formula is C11H12BrNO2. The fraction of sp³-hybridized carbons (Fsp3) is 0.364. The number of halogens is 1. The molecule has 0 aliphatic heterocycles. The Morgan fingerprint density at radius 3 is 2.73 bits per heavy atom. The molecule has 1 atom stereocenters. The molecule has 0 spiro atoms. The third kappa shape index (κ3) is 2.87. The van der Waals surface area contributed by atoms with Gasteiger partial charge in [0.05, 0.1) is 18.7 Å². The second-order valence-corrected chi connectivity index (χ2v) is 4.85. The lowest BCUT2D eigenvalue weighted by Crippen LogP contribution is -2.00. The van der Waals surface area contributed by atoms with Crippen molar-refractivity contribution in [2.75, 3.05) is 7.11 Å². The van der Waals surface area contributed by atoms with Crippen molar-refractivity contribution in [2.24, 2.45) is 0 Å². The summed E-state index contributed by atoms with van der Waals surface area (Å²) in [4.78, 5) is 0.264. The molecular weight excluding hydrogens is 258 g/mol. The van der Waals surface area contributed by atoms with Gasteiger partial charge < -0.3 is 9.84 Å². The van der Waals surface area contributed by atoms with Gasteiger partial charge in [0, 0.05) is 16.5 Å². The van der Waals surface area contributed by atoms with Gasteiger partial charge in [0.25, 0.3) is 0 Å². The van der Waals surface area contributed by atoms with Gasteiger partial charge >= 0.3 is 0 Å². The first kappa shape index (κ1) is 11.9. The zero-order valence-corrected chi connectivity index (χ0v) is 10.2. The maximum Gasteiger partial charge on any atom is 0.163 e. The first-order chi connectivity index (χ1) is 7.08. The van der Waals surface area contributed by atoms with Gasteiger partial charge in [-0.3, -0.25) is 0 Å². The van der Waals surface area contributed by atoms with E-state index in [4.69, 9.17) is 10.00 Å². The molecule has 1 aromatic carbocycles. The second kappa shape index (κ2) is 5.04. The molecule has 0 heterocycles. The summed E-state index contributed by atoms with van der Waals surface area (Å²) in [5, 5.41) is 18.4. The van der Waals surface area contributed by atoms with E-state index in [1.807, 2.05) is 13.0 Å². The van der Waals surface area contributed by atoms with E-state index in [1.165, 1.54) is 13.2 Å². The van der Waals surface area contributed by atoms with Gasteiger partial charge in [-0.1, -0.05) is 22.9 Å². The monoisotopic (exact) mass is 269 g/mol. The third-order valence-corrected chi connectivity index (χ3v) is 2.30. The molecule has 0 amide bonds. The van der Waals surface area contributed by atoms with E-state index in [0.29, 0.717) is 17.7 Å². The number of hydrogen-bond acceptors (Lipinski definition) is 3. The Kier molecular flexibility index (Phi) is 3.98. The highest BCUT2D eigenvalue weighted by molar-refractivity contribution is 9.09. The summed E-state index contributed by atoms with van der Waals surface area (Å²) < 4.78 is 5.10. The lowest BCUT2D eigenvalue weighted by Gasteiger charge is -2.11. The van der Waals surface area contributed by atoms with Crippen LogP contribution in [0.5, 0.6) is 11.5 Å². The van der Waals surface area contributed by atoms with Crippen molar-refractivity contribution < 1.29 is 9.84 Å². The highest BCUT2D eigenvalue weighted by Crippen LogP contribution is 2.32. The van der Waals surface area contributed by atoms with Crippen LogP contribution in [0.4, 0.5) is 0 Å². The van der Waals surface area contributed by atoms with E-state index in [9.17, 15) is 5.11 Å². The average molecular weight is 270 g/mol. The summed E-state index contributed by atoms with van der Waals surface area (Å²) in [6.07, 6.45) is 0.701. The number of nitrogens with zero attached hydrogens (tertiary/aromatic N) is 1. The average Bonchev–Trinajstić information content (AvgIpc) is 2.16. The van der Waals surface area contributed by atoms with Crippen molar-refractivity contribution in [2.45, 2.75) is 18.2 Å². The predicted octanol–water partition coefficient (Wildman–Crippen LogP) is 2.60. The highest BCUT2D eigenvalue weighted by Gasteiger charge is 2.12. The zero-order chi connectivity index (χ0) is 11.4. The lowest BCUT2D eigenvalue weighted by molar-refractivity contribution is 0.369. The normalized spacial score (nSPS) is 11.9. The van der Waals surface area contributed by atoms with Crippen molar-refractivity contribution in [3.63, 3.8) is 0 Å². The highest BCUT2D eigenvalue weighted by atomic mass is 79.9. The summed E-state index contributed by atoms with van der Waals surface area (Å²) in [7, 11) is 1.50. The predicted molar refractivity (Wildman–Crippen MR) is 61.5 cm³/mol. The maximum absolute atomic E-state index is 9.62. The Bertz CT molecular complexity index is 396. The minimum Gasteiger partial charge on any atom is -0.504 e. The van der Waals surface area contributed by atoms with Crippen LogP contribution in [-0.4, -0.2) is 17.0 Å². The summed E-state index contributed by atoms with van der Waals surface area (Å²) in [6.45, 7) is 2.00. The molecule has 1 rings (SSSR count). The van der Waals surface area contributed by atoms with Gasteiger partial charge in [-0.05, 0) is 12.5 Å². The molecule has 0 radical (unpaired) electrons. The number of benzene rings is 1. The van der Waals surface area contributed by atoms with Crippen molar-refractivity contribution >= 4 is 15.9 Å². The van der Waals surface area contributed by atoms with Crippen LogP contribution in [0.15, 0.2) is 12.1 Å². The molecule has 1 unspecified atom stereocenters. The van der Waals surface area contributed by atoms with Crippen molar-refractivity contribution in [1.29, 1.82) is 5.26 Å². The molecule has 3 nitrogen and oxygen atoms in total. The smallest absolute Gasteiger partial charge is 0.163 e. The Labute approximate surface area is 97.4 Å². The number of methoxy groups -OCH3 is 1. The zero-order valence-electron chi connectivity index (χ0n) is 8.62. The molecule has 1 aromatic rings. The number of ether oxygens (including phenoxy) is 1. The van der Waals surface area contributed by atoms with Crippen LogP contribution in [0.25, 0.3) is 0 Å². The van der Waals surface area contributed by atoms with E-state index < -0.39 is 0 Å². The molecule has 0 saturated carbocycles. The third-order valence-electron chi connectivity index (χ3n) is 1.98. The van der Waals surface area contributed by atoms with Gasteiger partial charge in [0.15, 0.2) is 11.5 Å². The van der Waals surface area contributed by atoms with Crippen LogP contribution in [0.2, 0.25) is 0 Å². The van der Waals surface area contributed by atoms with Gasteiger partial charge in [-0.15, -0.1) is 0 Å². The second-order valence-electron chi connectivity index (χ2n) is 3.28. The van der Waals surface area contributed by atoms with Crippen LogP contribution >= 0.6 is 15.9 Å². The molecule has 0 saturated heterocycles. The Morgan fingerprint density at radius 2 is 2.27 bits per heavy atom. The first-order valence-electron chi connectivity index (χ1n) is 4.52. The number of phenols is 1. The van der Waals surface area contributed by atoms with E-state index in [2.05, 4.69) is 15.9 Å². The lowest BCUT2D eigenvalue weighted by atomic mass is 10.1. The van der Waals surface area contributed by atoms with Crippen LogP contribution in [-0.2, 0) is 6.42 Å². The maximum atomic E-state index is 9.62. The Morgan fingerprint density at radius 1 is 1.60 bits per heavy atom. The van der Waals surface area contributed by atoms with E-state index in [-0.39, 0.29) is 10.6 Å². The first-order valence-corrected chi connectivity index (χ1v) is 5.44. The van der Waals surface area contributed by atoms with Crippen LogP contribution < -0.4 is 4.74 Å². The van der Waals surface area contributed by atoms with E-state index in [1.54, 1.807) is 6.07 Å². The molecule has 1 N–H and O–H groups in total. The molecule has 0 aliphatic rings. The number of nitriles is 1. The number of aromatic hydroxyl groups is 1. The van der Waals surface area contributed by atoms with Crippen molar-refractivity contribution in [1.82, 2.24) is 0 Å².